The molecule has 0 spiro atoms. The normalized spacial score (nSPS) is 18.8. The Kier molecular flexibility index (Phi) is 7.42. The van der Waals surface area contributed by atoms with Gasteiger partial charge in [-0.2, -0.15) is 0 Å². The number of hydrogen-bond donors (Lipinski definition) is 0. The van der Waals surface area contributed by atoms with Crippen molar-refractivity contribution in [2.75, 3.05) is 0 Å². The first-order valence-corrected chi connectivity index (χ1v) is 19.5. The summed E-state index contributed by atoms with van der Waals surface area (Å²) in [7, 11) is -1.23. The van der Waals surface area contributed by atoms with Crippen molar-refractivity contribution in [3.8, 4) is 27.9 Å². The van der Waals surface area contributed by atoms with E-state index in [0.717, 1.165) is 27.6 Å². The maximum atomic E-state index is 6.84. The molecule has 2 aliphatic rings. The zero-order valence-electron chi connectivity index (χ0n) is 32.9. The molecule has 272 valence electrons. The quantitative estimate of drug-likeness (QED) is 0.131. The number of benzene rings is 7. The monoisotopic (exact) mass is 721 g/mol. The zero-order valence-corrected chi connectivity index (χ0v) is 32.9. The average molecular weight is 722 g/mol. The van der Waals surface area contributed by atoms with Gasteiger partial charge in [-0.15, -0.1) is 0 Å². The number of aromatic nitrogens is 1. The van der Waals surface area contributed by atoms with Gasteiger partial charge >= 0.3 is 14.2 Å². The highest BCUT2D eigenvalue weighted by Gasteiger charge is 2.55. The van der Waals surface area contributed by atoms with Crippen LogP contribution in [0.1, 0.15) is 55.4 Å². The summed E-state index contributed by atoms with van der Waals surface area (Å²) in [5, 5.41) is 7.40. The molecule has 55 heavy (non-hydrogen) atoms. The van der Waals surface area contributed by atoms with E-state index in [2.05, 4.69) is 187 Å². The lowest BCUT2D eigenvalue weighted by Crippen LogP contribution is -2.45. The molecule has 0 saturated carbocycles. The summed E-state index contributed by atoms with van der Waals surface area (Å²) >= 11 is 0. The van der Waals surface area contributed by atoms with Crippen LogP contribution in [0.5, 0.6) is 0 Å². The van der Waals surface area contributed by atoms with Crippen LogP contribution >= 0.6 is 0 Å². The molecular formula is C48H45B2NO4. The summed E-state index contributed by atoms with van der Waals surface area (Å²) in [5.41, 5.74) is 7.77. The van der Waals surface area contributed by atoms with E-state index in [1.54, 1.807) is 0 Å². The van der Waals surface area contributed by atoms with E-state index >= 15 is 0 Å². The van der Waals surface area contributed by atoms with Crippen molar-refractivity contribution in [2.45, 2.75) is 77.8 Å². The molecule has 10 rings (SSSR count). The predicted octanol–water partition coefficient (Wildman–Crippen LogP) is 10.5. The van der Waals surface area contributed by atoms with Crippen LogP contribution in [0.3, 0.4) is 0 Å². The Hall–Kier alpha value is -4.91. The van der Waals surface area contributed by atoms with Gasteiger partial charge in [0.2, 0.25) is 0 Å². The summed E-state index contributed by atoms with van der Waals surface area (Å²) < 4.78 is 29.8. The molecule has 0 atom stereocenters. The molecule has 0 amide bonds. The second-order valence-corrected chi connectivity index (χ2v) is 17.3. The molecule has 0 radical (unpaired) electrons. The minimum absolute atomic E-state index is 0.525. The van der Waals surface area contributed by atoms with Crippen LogP contribution in [0.15, 0.2) is 127 Å². The van der Waals surface area contributed by atoms with Gasteiger partial charge in [0.05, 0.1) is 33.4 Å². The lowest BCUT2D eigenvalue weighted by Gasteiger charge is -2.32. The summed E-state index contributed by atoms with van der Waals surface area (Å²) in [6.07, 6.45) is 0. The first kappa shape index (κ1) is 34.6. The van der Waals surface area contributed by atoms with Crippen LogP contribution in [-0.2, 0) is 18.6 Å². The van der Waals surface area contributed by atoms with Gasteiger partial charge in [0, 0.05) is 27.4 Å². The second kappa shape index (κ2) is 11.8. The van der Waals surface area contributed by atoms with Gasteiger partial charge < -0.3 is 23.2 Å². The van der Waals surface area contributed by atoms with Gasteiger partial charge in [0.25, 0.3) is 0 Å². The highest BCUT2D eigenvalue weighted by Crippen LogP contribution is 2.49. The number of hydrogen-bond acceptors (Lipinski definition) is 4. The van der Waals surface area contributed by atoms with Gasteiger partial charge in [-0.25, -0.2) is 0 Å². The van der Waals surface area contributed by atoms with E-state index in [1.807, 2.05) is 0 Å². The van der Waals surface area contributed by atoms with Crippen molar-refractivity contribution in [3.63, 3.8) is 0 Å². The van der Waals surface area contributed by atoms with Crippen molar-refractivity contribution in [2.24, 2.45) is 0 Å². The lowest BCUT2D eigenvalue weighted by atomic mass is 9.69. The topological polar surface area (TPSA) is 41.9 Å². The maximum absolute atomic E-state index is 6.84. The van der Waals surface area contributed by atoms with Gasteiger partial charge in [-0.3, -0.25) is 0 Å². The Morgan fingerprint density at radius 3 is 1.13 bits per heavy atom. The van der Waals surface area contributed by atoms with Crippen LogP contribution in [0.25, 0.3) is 71.3 Å². The molecule has 3 heterocycles. The number of nitrogens with zero attached hydrogens (tertiary/aromatic N) is 1. The smallest absolute Gasteiger partial charge is 0.399 e. The summed E-state index contributed by atoms with van der Waals surface area (Å²) in [6.45, 7) is 16.9. The van der Waals surface area contributed by atoms with Gasteiger partial charge in [0.15, 0.2) is 0 Å². The Morgan fingerprint density at radius 2 is 0.745 bits per heavy atom. The van der Waals surface area contributed by atoms with Crippen LogP contribution in [0.2, 0.25) is 0 Å². The molecule has 2 aliphatic heterocycles. The third-order valence-corrected chi connectivity index (χ3v) is 13.1. The number of rotatable bonds is 5. The molecule has 0 N–H and O–H groups in total. The Balaban J connectivity index is 1.35. The molecule has 7 heteroatoms. The molecule has 2 saturated heterocycles. The molecule has 7 aromatic carbocycles. The van der Waals surface area contributed by atoms with Gasteiger partial charge in [0.1, 0.15) is 0 Å². The molecule has 0 aliphatic carbocycles. The Morgan fingerprint density at radius 1 is 0.382 bits per heavy atom. The standard InChI is InChI=1S/C48H45B2NO4/c1-45(2)46(3,4)53-49(52-45)36-24-17-25-37(50-54-47(5,6)48(7,8)55-50)44(36)51-38-26-15-22-34-40-32(30-18-11-9-12-19-30)28-29-33(31-20-13-10-14-21-31)41(40)35-23-16-27-39(51)43(35)42(34)38/h9-29H,1-8H3. The van der Waals surface area contributed by atoms with Crippen LogP contribution in [0, 0.1) is 0 Å². The highest BCUT2D eigenvalue weighted by molar-refractivity contribution is 6.68. The van der Waals surface area contributed by atoms with Crippen molar-refractivity contribution >= 4 is 68.5 Å². The van der Waals surface area contributed by atoms with E-state index in [1.165, 1.54) is 54.6 Å². The Bertz CT molecular complexity index is 2570. The second-order valence-electron chi connectivity index (χ2n) is 17.3. The number of para-hydroxylation sites is 1. The predicted molar refractivity (Wildman–Crippen MR) is 229 cm³/mol. The number of fused-ring (bicyclic) bond motifs is 3. The summed E-state index contributed by atoms with van der Waals surface area (Å²) in [6, 6.07) is 46.1. The van der Waals surface area contributed by atoms with E-state index in [0.29, 0.717) is 0 Å². The minimum atomic E-state index is -0.613. The van der Waals surface area contributed by atoms with Crippen LogP contribution in [0.4, 0.5) is 0 Å². The largest absolute Gasteiger partial charge is 0.496 e. The molecule has 2 fully saturated rings. The Labute approximate surface area is 323 Å². The summed E-state index contributed by atoms with van der Waals surface area (Å²) in [4.78, 5) is 0. The first-order valence-electron chi connectivity index (χ1n) is 19.5. The first-order chi connectivity index (χ1) is 26.3. The highest BCUT2D eigenvalue weighted by atomic mass is 16.7. The molecule has 1 aromatic heterocycles. The minimum Gasteiger partial charge on any atom is -0.399 e. The SMILES string of the molecule is CC1(C)OB(c2cccc(B3OC(C)(C)C(C)(C)O3)c2-n2c3cccc4c5c(-c6ccccc6)ccc(-c6ccccc6)c5c5cccc2c5c43)OC1(C)C. The van der Waals surface area contributed by atoms with Crippen molar-refractivity contribution < 1.29 is 18.6 Å². The maximum Gasteiger partial charge on any atom is 0.496 e. The third kappa shape index (κ3) is 4.96. The van der Waals surface area contributed by atoms with Crippen molar-refractivity contribution in [1.29, 1.82) is 0 Å². The van der Waals surface area contributed by atoms with Crippen molar-refractivity contribution in [1.82, 2.24) is 4.57 Å². The molecular weight excluding hydrogens is 676 g/mol. The van der Waals surface area contributed by atoms with Gasteiger partial charge in [-0.05, 0) is 111 Å². The third-order valence-electron chi connectivity index (χ3n) is 13.1. The fourth-order valence-electron chi connectivity index (χ4n) is 8.80. The molecule has 0 unspecified atom stereocenters. The van der Waals surface area contributed by atoms with E-state index in [-0.39, 0.29) is 0 Å². The van der Waals surface area contributed by atoms with E-state index in [4.69, 9.17) is 18.6 Å². The van der Waals surface area contributed by atoms with Gasteiger partial charge in [-0.1, -0.05) is 115 Å². The molecule has 5 nitrogen and oxygen atoms in total. The van der Waals surface area contributed by atoms with Crippen molar-refractivity contribution in [3.05, 3.63) is 127 Å². The van der Waals surface area contributed by atoms with E-state index < -0.39 is 36.6 Å². The molecule has 8 aromatic rings. The molecule has 0 bridgehead atoms. The summed E-state index contributed by atoms with van der Waals surface area (Å²) in [5.74, 6) is 0. The van der Waals surface area contributed by atoms with Crippen LogP contribution in [-0.4, -0.2) is 41.2 Å². The fraction of sp³-hybridized carbons (Fsp3) is 0.250. The fourth-order valence-corrected chi connectivity index (χ4v) is 8.80. The lowest BCUT2D eigenvalue weighted by molar-refractivity contribution is 0.00578. The average Bonchev–Trinajstić information content (AvgIpc) is 3.71. The van der Waals surface area contributed by atoms with Crippen LogP contribution < -0.4 is 10.9 Å². The zero-order chi connectivity index (χ0) is 38.1. The van der Waals surface area contributed by atoms with E-state index in [9.17, 15) is 0 Å².